The van der Waals surface area contributed by atoms with Crippen molar-refractivity contribution in [2.75, 3.05) is 13.1 Å². The Bertz CT molecular complexity index is 561. The van der Waals surface area contributed by atoms with Crippen LogP contribution in [0.15, 0.2) is 28.7 Å². The van der Waals surface area contributed by atoms with E-state index in [9.17, 15) is 8.78 Å². The molecule has 0 saturated heterocycles. The number of alkyl halides is 2. The monoisotopic (exact) mass is 297 g/mol. The van der Waals surface area contributed by atoms with Gasteiger partial charge in [0.25, 0.3) is 0 Å². The fraction of sp³-hybridized carbons (Fsp3) is 0.429. The molecule has 0 spiro atoms. The lowest BCUT2D eigenvalue weighted by Crippen LogP contribution is -2.14. The van der Waals surface area contributed by atoms with Crippen molar-refractivity contribution in [2.24, 2.45) is 0 Å². The molecule has 2 rings (SSSR count). The van der Waals surface area contributed by atoms with E-state index < -0.39 is 6.61 Å². The number of aryl methyl sites for hydroxylation is 1. The molecule has 1 aromatic heterocycles. The third kappa shape index (κ3) is 4.78. The molecule has 21 heavy (non-hydrogen) atoms. The summed E-state index contributed by atoms with van der Waals surface area (Å²) in [5.41, 5.74) is 0.554. The Morgan fingerprint density at radius 3 is 2.95 bits per heavy atom. The van der Waals surface area contributed by atoms with Crippen LogP contribution in [0.5, 0.6) is 5.75 Å². The summed E-state index contributed by atoms with van der Waals surface area (Å²) in [5.74, 6) is 0.894. The molecular formula is C14H17F2N3O2. The van der Waals surface area contributed by atoms with E-state index in [0.717, 1.165) is 19.5 Å². The first-order valence-electron chi connectivity index (χ1n) is 6.77. The lowest BCUT2D eigenvalue weighted by molar-refractivity contribution is -0.0498. The molecular weight excluding hydrogens is 280 g/mol. The highest BCUT2D eigenvalue weighted by Crippen LogP contribution is 2.24. The molecule has 0 unspecified atom stereocenters. The van der Waals surface area contributed by atoms with Gasteiger partial charge in [0.05, 0.1) is 0 Å². The van der Waals surface area contributed by atoms with E-state index in [-0.39, 0.29) is 5.75 Å². The maximum absolute atomic E-state index is 12.2. The predicted molar refractivity (Wildman–Crippen MR) is 73.2 cm³/mol. The Kier molecular flexibility index (Phi) is 5.62. The van der Waals surface area contributed by atoms with Crippen molar-refractivity contribution in [3.05, 3.63) is 30.2 Å². The fourth-order valence-electron chi connectivity index (χ4n) is 1.82. The van der Waals surface area contributed by atoms with Crippen molar-refractivity contribution in [2.45, 2.75) is 26.4 Å². The fourth-order valence-corrected chi connectivity index (χ4v) is 1.82. The topological polar surface area (TPSA) is 60.2 Å². The minimum atomic E-state index is -2.86. The molecule has 0 atom stereocenters. The minimum absolute atomic E-state index is 0.0643. The maximum atomic E-state index is 12.2. The average molecular weight is 297 g/mol. The second-order valence-corrected chi connectivity index (χ2v) is 4.36. The van der Waals surface area contributed by atoms with Gasteiger partial charge in [-0.15, -0.1) is 10.2 Å². The summed E-state index contributed by atoms with van der Waals surface area (Å²) in [4.78, 5) is 0. The lowest BCUT2D eigenvalue weighted by Gasteiger charge is -2.04. The zero-order chi connectivity index (χ0) is 15.1. The van der Waals surface area contributed by atoms with Crippen molar-refractivity contribution >= 4 is 0 Å². The molecule has 5 nitrogen and oxygen atoms in total. The molecule has 0 aliphatic carbocycles. The number of nitrogens with one attached hydrogen (secondary N) is 1. The van der Waals surface area contributed by atoms with Crippen LogP contribution in [0, 0.1) is 0 Å². The summed E-state index contributed by atoms with van der Waals surface area (Å²) in [6, 6.07) is 6.20. The van der Waals surface area contributed by atoms with Crippen molar-refractivity contribution in [1.29, 1.82) is 0 Å². The highest BCUT2D eigenvalue weighted by atomic mass is 19.3. The van der Waals surface area contributed by atoms with Crippen LogP contribution >= 0.6 is 0 Å². The molecule has 114 valence electrons. The summed E-state index contributed by atoms with van der Waals surface area (Å²) in [6.07, 6.45) is 1.57. The third-order valence-electron chi connectivity index (χ3n) is 2.77. The summed E-state index contributed by atoms with van der Waals surface area (Å²) >= 11 is 0. The van der Waals surface area contributed by atoms with E-state index in [4.69, 9.17) is 4.42 Å². The van der Waals surface area contributed by atoms with Gasteiger partial charge >= 0.3 is 6.61 Å². The largest absolute Gasteiger partial charge is 0.435 e. The van der Waals surface area contributed by atoms with E-state index in [1.165, 1.54) is 12.1 Å². The number of rotatable bonds is 8. The molecule has 0 aliphatic rings. The number of nitrogens with zero attached hydrogens (tertiary/aromatic N) is 2. The van der Waals surface area contributed by atoms with Crippen molar-refractivity contribution < 1.29 is 17.9 Å². The molecule has 0 amide bonds. The van der Waals surface area contributed by atoms with Gasteiger partial charge in [0.2, 0.25) is 11.8 Å². The first-order chi connectivity index (χ1) is 10.2. The minimum Gasteiger partial charge on any atom is -0.435 e. The molecule has 2 aromatic rings. The maximum Gasteiger partial charge on any atom is 0.387 e. The molecule has 1 heterocycles. The smallest absolute Gasteiger partial charge is 0.387 e. The first kappa shape index (κ1) is 15.4. The first-order valence-corrected chi connectivity index (χ1v) is 6.77. The number of hydrogen-bond acceptors (Lipinski definition) is 5. The highest BCUT2D eigenvalue weighted by molar-refractivity contribution is 5.55. The lowest BCUT2D eigenvalue weighted by atomic mass is 10.2. The summed E-state index contributed by atoms with van der Waals surface area (Å²) in [5, 5.41) is 11.1. The van der Waals surface area contributed by atoms with E-state index in [0.29, 0.717) is 23.8 Å². The van der Waals surface area contributed by atoms with Crippen molar-refractivity contribution in [1.82, 2.24) is 15.5 Å². The molecule has 0 aliphatic heterocycles. The Morgan fingerprint density at radius 1 is 1.33 bits per heavy atom. The van der Waals surface area contributed by atoms with Gasteiger partial charge in [-0.2, -0.15) is 8.78 Å². The quantitative estimate of drug-likeness (QED) is 0.759. The number of aromatic nitrogens is 2. The van der Waals surface area contributed by atoms with Gasteiger partial charge in [0.15, 0.2) is 0 Å². The normalized spacial score (nSPS) is 11.0. The van der Waals surface area contributed by atoms with Crippen molar-refractivity contribution in [3.8, 4) is 17.2 Å². The van der Waals surface area contributed by atoms with Gasteiger partial charge in [0, 0.05) is 12.0 Å². The molecule has 0 bridgehead atoms. The highest BCUT2D eigenvalue weighted by Gasteiger charge is 2.11. The van der Waals surface area contributed by atoms with Crippen molar-refractivity contribution in [3.63, 3.8) is 0 Å². The van der Waals surface area contributed by atoms with Gasteiger partial charge in [-0.25, -0.2) is 0 Å². The average Bonchev–Trinajstić information content (AvgIpc) is 2.92. The van der Waals surface area contributed by atoms with Crippen LogP contribution in [0.3, 0.4) is 0 Å². The Balaban J connectivity index is 2.00. The zero-order valence-electron chi connectivity index (χ0n) is 11.7. The number of benzene rings is 1. The van der Waals surface area contributed by atoms with Crippen LogP contribution in [0.1, 0.15) is 19.2 Å². The van der Waals surface area contributed by atoms with Gasteiger partial charge in [0.1, 0.15) is 5.75 Å². The Morgan fingerprint density at radius 2 is 2.19 bits per heavy atom. The van der Waals surface area contributed by atoms with Crippen LogP contribution in [-0.2, 0) is 6.42 Å². The molecule has 0 saturated carbocycles. The second-order valence-electron chi connectivity index (χ2n) is 4.36. The van der Waals surface area contributed by atoms with E-state index in [2.05, 4.69) is 20.3 Å². The van der Waals surface area contributed by atoms with Crippen LogP contribution in [0.2, 0.25) is 0 Å². The van der Waals surface area contributed by atoms with Gasteiger partial charge < -0.3 is 14.5 Å². The third-order valence-corrected chi connectivity index (χ3v) is 2.77. The predicted octanol–water partition coefficient (Wildman–Crippen LogP) is 2.88. The molecule has 1 N–H and O–H groups in total. The van der Waals surface area contributed by atoms with Gasteiger partial charge in [-0.05, 0) is 37.7 Å². The van der Waals surface area contributed by atoms with E-state index >= 15 is 0 Å². The number of hydrogen-bond donors (Lipinski definition) is 1. The molecule has 0 fully saturated rings. The number of ether oxygens (including phenoxy) is 1. The SMILES string of the molecule is CCNCCCc1nnc(-c2cccc(OC(F)F)c2)o1. The van der Waals surface area contributed by atoms with Crippen LogP contribution in [-0.4, -0.2) is 29.9 Å². The second kappa shape index (κ2) is 7.68. The summed E-state index contributed by atoms with van der Waals surface area (Å²) < 4.78 is 34.2. The Labute approximate surface area is 121 Å². The van der Waals surface area contributed by atoms with E-state index in [1.54, 1.807) is 12.1 Å². The van der Waals surface area contributed by atoms with Crippen LogP contribution in [0.25, 0.3) is 11.5 Å². The summed E-state index contributed by atoms with van der Waals surface area (Å²) in [6.45, 7) is 0.988. The van der Waals surface area contributed by atoms with Gasteiger partial charge in [-0.3, -0.25) is 0 Å². The molecule has 1 aromatic carbocycles. The van der Waals surface area contributed by atoms with E-state index in [1.807, 2.05) is 6.92 Å². The zero-order valence-corrected chi connectivity index (χ0v) is 11.7. The van der Waals surface area contributed by atoms with Gasteiger partial charge in [-0.1, -0.05) is 13.0 Å². The number of halogens is 2. The summed E-state index contributed by atoms with van der Waals surface area (Å²) in [7, 11) is 0. The van der Waals surface area contributed by atoms with Crippen LogP contribution in [0.4, 0.5) is 8.78 Å². The Hall–Kier alpha value is -2.02. The molecule has 0 radical (unpaired) electrons. The molecule has 7 heteroatoms. The van der Waals surface area contributed by atoms with Crippen LogP contribution < -0.4 is 10.1 Å². The standard InChI is InChI=1S/C14H17F2N3O2/c1-2-17-8-4-7-12-18-19-13(21-12)10-5-3-6-11(9-10)20-14(15)16/h3,5-6,9,14,17H,2,4,7-8H2,1H3.